The highest BCUT2D eigenvalue weighted by molar-refractivity contribution is 5.70. The first-order valence-electron chi connectivity index (χ1n) is 4.36. The van der Waals surface area contributed by atoms with Gasteiger partial charge in [0.05, 0.1) is 0 Å². The van der Waals surface area contributed by atoms with Gasteiger partial charge in [-0.05, 0) is 6.42 Å². The second kappa shape index (κ2) is 2.45. The van der Waals surface area contributed by atoms with Crippen molar-refractivity contribution in [2.24, 2.45) is 4.99 Å². The van der Waals surface area contributed by atoms with Crippen molar-refractivity contribution in [3.63, 3.8) is 0 Å². The summed E-state index contributed by atoms with van der Waals surface area (Å²) in [6, 6.07) is 0. The standard InChI is InChI=1S/C9H9N3O/c1-2-7-9(11-3-1)12-5-4-10-8(12)6-13-7/h3-5H,1-2,6H2. The molecule has 4 heteroatoms. The maximum atomic E-state index is 5.55. The molecule has 13 heavy (non-hydrogen) atoms. The van der Waals surface area contributed by atoms with Crippen LogP contribution in [0.15, 0.2) is 23.1 Å². The van der Waals surface area contributed by atoms with Gasteiger partial charge in [-0.15, -0.1) is 0 Å². The Morgan fingerprint density at radius 2 is 2.46 bits per heavy atom. The lowest BCUT2D eigenvalue weighted by Gasteiger charge is -2.22. The van der Waals surface area contributed by atoms with Crippen LogP contribution < -0.4 is 0 Å². The molecule has 2 aliphatic heterocycles. The van der Waals surface area contributed by atoms with Crippen LogP contribution in [0, 0.1) is 0 Å². The molecule has 0 aromatic carbocycles. The molecular formula is C9H9N3O. The number of nitrogens with zero attached hydrogens (tertiary/aromatic N) is 3. The van der Waals surface area contributed by atoms with E-state index in [1.165, 1.54) is 0 Å². The van der Waals surface area contributed by atoms with Crippen LogP contribution in [-0.2, 0) is 11.3 Å². The van der Waals surface area contributed by atoms with Crippen molar-refractivity contribution in [2.45, 2.75) is 19.4 Å². The lowest BCUT2D eigenvalue weighted by molar-refractivity contribution is 0.171. The predicted molar refractivity (Wildman–Crippen MR) is 48.0 cm³/mol. The number of hydrogen-bond acceptors (Lipinski definition) is 3. The number of aliphatic imine (C=N–C) groups is 1. The number of imidazole rings is 1. The van der Waals surface area contributed by atoms with Crippen molar-refractivity contribution in [1.82, 2.24) is 9.55 Å². The lowest BCUT2D eigenvalue weighted by atomic mass is 10.2. The van der Waals surface area contributed by atoms with E-state index in [0.717, 1.165) is 30.2 Å². The Bertz CT molecular complexity index is 403. The van der Waals surface area contributed by atoms with Crippen molar-refractivity contribution in [3.8, 4) is 0 Å². The van der Waals surface area contributed by atoms with Crippen LogP contribution in [-0.4, -0.2) is 15.8 Å². The Morgan fingerprint density at radius 1 is 1.46 bits per heavy atom. The molecule has 1 aromatic heterocycles. The van der Waals surface area contributed by atoms with Crippen molar-refractivity contribution >= 4 is 12.0 Å². The third-order valence-electron chi connectivity index (χ3n) is 2.28. The number of allylic oxidation sites excluding steroid dienone is 1. The minimum absolute atomic E-state index is 0.571. The molecule has 1 aromatic rings. The topological polar surface area (TPSA) is 39.4 Å². The monoisotopic (exact) mass is 175 g/mol. The van der Waals surface area contributed by atoms with Gasteiger partial charge >= 0.3 is 0 Å². The van der Waals surface area contributed by atoms with E-state index in [-0.39, 0.29) is 0 Å². The van der Waals surface area contributed by atoms with Gasteiger partial charge in [0.2, 0.25) is 0 Å². The quantitative estimate of drug-likeness (QED) is 0.598. The fourth-order valence-corrected chi connectivity index (χ4v) is 1.65. The minimum atomic E-state index is 0.571. The number of ether oxygens (including phenoxy) is 1. The number of rotatable bonds is 0. The Labute approximate surface area is 75.6 Å². The summed E-state index contributed by atoms with van der Waals surface area (Å²) in [4.78, 5) is 8.50. The Balaban J connectivity index is 2.18. The van der Waals surface area contributed by atoms with Gasteiger partial charge in [-0.2, -0.15) is 0 Å². The summed E-state index contributed by atoms with van der Waals surface area (Å²) >= 11 is 0. The zero-order valence-electron chi connectivity index (χ0n) is 7.10. The van der Waals surface area contributed by atoms with Crippen LogP contribution in [0.1, 0.15) is 18.7 Å². The van der Waals surface area contributed by atoms with Gasteiger partial charge in [-0.1, -0.05) is 0 Å². The summed E-state index contributed by atoms with van der Waals surface area (Å²) in [6.07, 6.45) is 7.56. The van der Waals surface area contributed by atoms with Crippen molar-refractivity contribution in [1.29, 1.82) is 0 Å². The second-order valence-corrected chi connectivity index (χ2v) is 3.10. The highest BCUT2D eigenvalue weighted by Crippen LogP contribution is 2.27. The van der Waals surface area contributed by atoms with Gasteiger partial charge in [-0.3, -0.25) is 4.57 Å². The molecule has 2 aliphatic rings. The van der Waals surface area contributed by atoms with Crippen molar-refractivity contribution < 1.29 is 4.74 Å². The molecule has 0 spiro atoms. The summed E-state index contributed by atoms with van der Waals surface area (Å²) in [5.41, 5.74) is 0. The molecule has 0 aliphatic carbocycles. The van der Waals surface area contributed by atoms with Crippen LogP contribution in [0.25, 0.3) is 5.82 Å². The van der Waals surface area contributed by atoms with Gasteiger partial charge in [-0.25, -0.2) is 9.98 Å². The van der Waals surface area contributed by atoms with E-state index >= 15 is 0 Å². The van der Waals surface area contributed by atoms with Crippen molar-refractivity contribution in [3.05, 3.63) is 24.0 Å². The molecule has 0 atom stereocenters. The molecular weight excluding hydrogens is 166 g/mol. The zero-order valence-corrected chi connectivity index (χ0v) is 7.10. The molecule has 0 bridgehead atoms. The van der Waals surface area contributed by atoms with Crippen LogP contribution in [0.5, 0.6) is 0 Å². The third kappa shape index (κ3) is 0.915. The van der Waals surface area contributed by atoms with Gasteiger partial charge in [0.15, 0.2) is 11.6 Å². The molecule has 66 valence electrons. The van der Waals surface area contributed by atoms with Crippen molar-refractivity contribution in [2.75, 3.05) is 0 Å². The highest BCUT2D eigenvalue weighted by Gasteiger charge is 2.20. The van der Waals surface area contributed by atoms with E-state index in [1.807, 2.05) is 17.0 Å². The fourth-order valence-electron chi connectivity index (χ4n) is 1.65. The molecule has 0 unspecified atom stereocenters. The predicted octanol–water partition coefficient (Wildman–Crippen LogP) is 1.40. The highest BCUT2D eigenvalue weighted by atomic mass is 16.5. The lowest BCUT2D eigenvalue weighted by Crippen LogP contribution is -2.15. The molecule has 0 radical (unpaired) electrons. The van der Waals surface area contributed by atoms with Gasteiger partial charge < -0.3 is 4.74 Å². The summed E-state index contributed by atoms with van der Waals surface area (Å²) in [6.45, 7) is 0.571. The largest absolute Gasteiger partial charge is 0.486 e. The Kier molecular flexibility index (Phi) is 1.30. The minimum Gasteiger partial charge on any atom is -0.486 e. The molecule has 0 amide bonds. The molecule has 0 fully saturated rings. The molecule has 0 N–H and O–H groups in total. The van der Waals surface area contributed by atoms with E-state index in [2.05, 4.69) is 9.98 Å². The molecule has 3 rings (SSSR count). The van der Waals surface area contributed by atoms with E-state index in [4.69, 9.17) is 4.74 Å². The normalized spacial score (nSPS) is 19.4. The first kappa shape index (κ1) is 6.88. The second-order valence-electron chi connectivity index (χ2n) is 3.10. The van der Waals surface area contributed by atoms with E-state index in [9.17, 15) is 0 Å². The molecule has 4 nitrogen and oxygen atoms in total. The Hall–Kier alpha value is -1.58. The summed E-state index contributed by atoms with van der Waals surface area (Å²) in [7, 11) is 0. The average molecular weight is 175 g/mol. The van der Waals surface area contributed by atoms with E-state index in [1.54, 1.807) is 6.20 Å². The van der Waals surface area contributed by atoms with E-state index < -0.39 is 0 Å². The van der Waals surface area contributed by atoms with Gasteiger partial charge in [0.25, 0.3) is 0 Å². The zero-order chi connectivity index (χ0) is 8.67. The number of fused-ring (bicyclic) bond motifs is 2. The molecule has 3 heterocycles. The first-order chi connectivity index (χ1) is 6.45. The SMILES string of the molecule is C1=NC2=C(CC1)OCc1nccn12. The first-order valence-corrected chi connectivity index (χ1v) is 4.36. The van der Waals surface area contributed by atoms with Gasteiger partial charge in [0.1, 0.15) is 12.4 Å². The Morgan fingerprint density at radius 3 is 3.46 bits per heavy atom. The van der Waals surface area contributed by atoms with E-state index in [0.29, 0.717) is 6.61 Å². The van der Waals surface area contributed by atoms with Crippen LogP contribution in [0.3, 0.4) is 0 Å². The number of aromatic nitrogens is 2. The molecule has 0 saturated carbocycles. The van der Waals surface area contributed by atoms with Gasteiger partial charge in [0, 0.05) is 25.0 Å². The van der Waals surface area contributed by atoms with Crippen LogP contribution in [0.4, 0.5) is 0 Å². The third-order valence-corrected chi connectivity index (χ3v) is 2.28. The summed E-state index contributed by atoms with van der Waals surface area (Å²) in [5, 5.41) is 0. The molecule has 0 saturated heterocycles. The fraction of sp³-hybridized carbons (Fsp3) is 0.333. The maximum Gasteiger partial charge on any atom is 0.176 e. The number of hydrogen-bond donors (Lipinski definition) is 0. The van der Waals surface area contributed by atoms with Crippen LogP contribution in [0.2, 0.25) is 0 Å². The average Bonchev–Trinajstić information content (AvgIpc) is 2.65. The van der Waals surface area contributed by atoms with Crippen LogP contribution >= 0.6 is 0 Å². The summed E-state index contributed by atoms with van der Waals surface area (Å²) in [5.74, 6) is 2.83. The maximum absolute atomic E-state index is 5.55. The smallest absolute Gasteiger partial charge is 0.176 e. The summed E-state index contributed by atoms with van der Waals surface area (Å²) < 4.78 is 7.54.